The number of nitrogens with zero attached hydrogens (tertiary/aromatic N) is 2. The van der Waals surface area contributed by atoms with Crippen LogP contribution in [0.2, 0.25) is 0 Å². The molecule has 1 aromatic heterocycles. The summed E-state index contributed by atoms with van der Waals surface area (Å²) >= 11 is 0. The number of benzene rings is 1. The summed E-state index contributed by atoms with van der Waals surface area (Å²) < 4.78 is 17.2. The Morgan fingerprint density at radius 1 is 1.17 bits per heavy atom. The molecule has 1 aromatic carbocycles. The topological polar surface area (TPSA) is 74.6 Å². The average molecular weight is 401 g/mol. The SMILES string of the molecule is CC1(n2cc(C(=O)O)c(=O)c3cc(F)c(N4CCNC(C)(C)C4(C)C)cc32)CC1. The molecule has 2 N–H and O–H groups in total. The molecule has 156 valence electrons. The van der Waals surface area contributed by atoms with Crippen LogP contribution in [0.25, 0.3) is 10.9 Å². The van der Waals surface area contributed by atoms with Crippen molar-refractivity contribution in [1.29, 1.82) is 0 Å². The molecule has 4 rings (SSSR count). The number of halogens is 1. The van der Waals surface area contributed by atoms with E-state index in [1.807, 2.05) is 16.4 Å². The van der Waals surface area contributed by atoms with Crippen LogP contribution in [0.3, 0.4) is 0 Å². The molecule has 0 radical (unpaired) electrons. The van der Waals surface area contributed by atoms with Crippen LogP contribution in [0.1, 0.15) is 57.8 Å². The molecular weight excluding hydrogens is 373 g/mol. The first-order valence-corrected chi connectivity index (χ1v) is 10.0. The van der Waals surface area contributed by atoms with Crippen LogP contribution in [0.15, 0.2) is 23.1 Å². The van der Waals surface area contributed by atoms with Gasteiger partial charge in [0.15, 0.2) is 0 Å². The van der Waals surface area contributed by atoms with E-state index < -0.39 is 17.2 Å². The number of aromatic nitrogens is 1. The standard InChI is InChI=1S/C22H28FN3O3/c1-20(2)21(3,4)25(9-8-24-20)17-11-16-13(10-15(17)23)18(27)14(19(28)29)12-26(16)22(5)6-7-22/h10-12,24H,6-9H2,1-5H3,(H,28,29). The van der Waals surface area contributed by atoms with Gasteiger partial charge < -0.3 is 19.9 Å². The predicted molar refractivity (Wildman–Crippen MR) is 112 cm³/mol. The van der Waals surface area contributed by atoms with E-state index >= 15 is 4.39 Å². The molecule has 0 amide bonds. The first-order chi connectivity index (χ1) is 13.4. The molecule has 0 spiro atoms. The number of carbonyl (C=O) groups is 1. The Morgan fingerprint density at radius 3 is 2.41 bits per heavy atom. The largest absolute Gasteiger partial charge is 0.477 e. The highest BCUT2D eigenvalue weighted by atomic mass is 19.1. The number of aromatic carboxylic acids is 1. The van der Waals surface area contributed by atoms with Crippen molar-refractivity contribution in [2.75, 3.05) is 18.0 Å². The summed E-state index contributed by atoms with van der Waals surface area (Å²) in [6.45, 7) is 11.7. The second-order valence-electron chi connectivity index (χ2n) is 9.63. The van der Waals surface area contributed by atoms with Crippen LogP contribution in [0.4, 0.5) is 10.1 Å². The number of pyridine rings is 1. The number of carboxylic acid groups (broad SMARTS) is 1. The Hall–Kier alpha value is -2.41. The molecule has 1 saturated carbocycles. The Labute approximate surface area is 169 Å². The van der Waals surface area contributed by atoms with E-state index in [2.05, 4.69) is 33.0 Å². The van der Waals surface area contributed by atoms with Gasteiger partial charge in [-0.25, -0.2) is 9.18 Å². The highest BCUT2D eigenvalue weighted by Gasteiger charge is 2.45. The summed E-state index contributed by atoms with van der Waals surface area (Å²) in [7, 11) is 0. The van der Waals surface area contributed by atoms with Gasteiger partial charge in [-0.1, -0.05) is 0 Å². The zero-order chi connectivity index (χ0) is 21.4. The number of anilines is 1. The molecular formula is C22H28FN3O3. The zero-order valence-electron chi connectivity index (χ0n) is 17.6. The summed E-state index contributed by atoms with van der Waals surface area (Å²) in [6.07, 6.45) is 3.21. The number of carboxylic acids is 1. The number of piperazine rings is 1. The van der Waals surface area contributed by atoms with E-state index in [4.69, 9.17) is 0 Å². The van der Waals surface area contributed by atoms with Gasteiger partial charge in [-0.05, 0) is 59.6 Å². The summed E-state index contributed by atoms with van der Waals surface area (Å²) in [6, 6.07) is 2.94. The van der Waals surface area contributed by atoms with Crippen molar-refractivity contribution >= 4 is 22.6 Å². The molecule has 2 aromatic rings. The third-order valence-corrected chi connectivity index (χ3v) is 7.26. The van der Waals surface area contributed by atoms with Gasteiger partial charge in [-0.2, -0.15) is 0 Å². The molecule has 0 unspecified atom stereocenters. The normalized spacial score (nSPS) is 21.9. The number of hydrogen-bond acceptors (Lipinski definition) is 4. The van der Waals surface area contributed by atoms with E-state index in [0.29, 0.717) is 17.7 Å². The minimum absolute atomic E-state index is 0.117. The lowest BCUT2D eigenvalue weighted by molar-refractivity contribution is 0.0694. The summed E-state index contributed by atoms with van der Waals surface area (Å²) in [5, 5.41) is 13.1. The van der Waals surface area contributed by atoms with E-state index in [1.54, 1.807) is 6.07 Å². The lowest BCUT2D eigenvalue weighted by Gasteiger charge is -2.55. The van der Waals surface area contributed by atoms with Crippen molar-refractivity contribution in [3.63, 3.8) is 0 Å². The number of nitrogens with one attached hydrogen (secondary N) is 1. The first kappa shape index (κ1) is 19.9. The van der Waals surface area contributed by atoms with E-state index in [-0.39, 0.29) is 27.6 Å². The van der Waals surface area contributed by atoms with Crippen LogP contribution >= 0.6 is 0 Å². The molecule has 1 saturated heterocycles. The zero-order valence-corrected chi connectivity index (χ0v) is 17.6. The highest BCUT2D eigenvalue weighted by Crippen LogP contribution is 2.45. The maximum atomic E-state index is 15.3. The third kappa shape index (κ3) is 2.86. The molecule has 0 bridgehead atoms. The Morgan fingerprint density at radius 2 is 1.83 bits per heavy atom. The second-order valence-corrected chi connectivity index (χ2v) is 9.63. The molecule has 1 aliphatic heterocycles. The smallest absolute Gasteiger partial charge is 0.341 e. The minimum atomic E-state index is -1.29. The van der Waals surface area contributed by atoms with Crippen LogP contribution in [-0.4, -0.2) is 39.8 Å². The van der Waals surface area contributed by atoms with Crippen molar-refractivity contribution in [3.8, 4) is 0 Å². The van der Waals surface area contributed by atoms with Gasteiger partial charge in [0.25, 0.3) is 0 Å². The van der Waals surface area contributed by atoms with Gasteiger partial charge in [0, 0.05) is 35.8 Å². The quantitative estimate of drug-likeness (QED) is 0.825. The predicted octanol–water partition coefficient (Wildman–Crippen LogP) is 3.31. The fourth-order valence-electron chi connectivity index (χ4n) is 4.30. The number of rotatable bonds is 3. The fraction of sp³-hybridized carbons (Fsp3) is 0.545. The average Bonchev–Trinajstić information content (AvgIpc) is 3.36. The van der Waals surface area contributed by atoms with Crippen LogP contribution < -0.4 is 15.6 Å². The van der Waals surface area contributed by atoms with E-state index in [1.165, 1.54) is 12.3 Å². The summed E-state index contributed by atoms with van der Waals surface area (Å²) in [5.74, 6) is -1.79. The Bertz CT molecular complexity index is 1080. The Balaban J connectivity index is 1.99. The van der Waals surface area contributed by atoms with Crippen molar-refractivity contribution in [3.05, 3.63) is 39.9 Å². The van der Waals surface area contributed by atoms with Crippen LogP contribution in [-0.2, 0) is 5.54 Å². The van der Waals surface area contributed by atoms with Crippen LogP contribution in [0.5, 0.6) is 0 Å². The lowest BCUT2D eigenvalue weighted by Crippen LogP contribution is -2.70. The van der Waals surface area contributed by atoms with Gasteiger partial charge in [0.05, 0.1) is 16.7 Å². The van der Waals surface area contributed by atoms with Crippen LogP contribution in [0, 0.1) is 5.82 Å². The van der Waals surface area contributed by atoms with Gasteiger partial charge in [0.1, 0.15) is 11.4 Å². The minimum Gasteiger partial charge on any atom is -0.477 e. The molecule has 2 aliphatic rings. The number of hydrogen-bond donors (Lipinski definition) is 2. The van der Waals surface area contributed by atoms with Gasteiger partial charge in [-0.15, -0.1) is 0 Å². The van der Waals surface area contributed by atoms with Crippen molar-refractivity contribution in [2.24, 2.45) is 0 Å². The van der Waals surface area contributed by atoms with E-state index in [9.17, 15) is 14.7 Å². The van der Waals surface area contributed by atoms with Gasteiger partial charge >= 0.3 is 5.97 Å². The molecule has 2 fully saturated rings. The summed E-state index contributed by atoms with van der Waals surface area (Å²) in [5.41, 5.74) is -0.804. The Kier molecular flexibility index (Phi) is 4.15. The maximum Gasteiger partial charge on any atom is 0.341 e. The van der Waals surface area contributed by atoms with Crippen molar-refractivity contribution < 1.29 is 14.3 Å². The molecule has 2 heterocycles. The first-order valence-electron chi connectivity index (χ1n) is 10.0. The number of fused-ring (bicyclic) bond motifs is 1. The lowest BCUT2D eigenvalue weighted by atomic mass is 9.78. The maximum absolute atomic E-state index is 15.3. The summed E-state index contributed by atoms with van der Waals surface area (Å²) in [4.78, 5) is 26.4. The van der Waals surface area contributed by atoms with E-state index in [0.717, 1.165) is 19.4 Å². The molecule has 29 heavy (non-hydrogen) atoms. The van der Waals surface area contributed by atoms with Crippen molar-refractivity contribution in [2.45, 2.75) is 64.1 Å². The fourth-order valence-corrected chi connectivity index (χ4v) is 4.30. The second kappa shape index (κ2) is 6.05. The van der Waals surface area contributed by atoms with Gasteiger partial charge in [0.2, 0.25) is 5.43 Å². The molecule has 7 heteroatoms. The molecule has 6 nitrogen and oxygen atoms in total. The van der Waals surface area contributed by atoms with Gasteiger partial charge in [-0.3, -0.25) is 4.79 Å². The monoisotopic (exact) mass is 401 g/mol. The molecule has 1 aliphatic carbocycles. The third-order valence-electron chi connectivity index (χ3n) is 7.26. The molecule has 0 atom stereocenters. The highest BCUT2D eigenvalue weighted by molar-refractivity contribution is 5.93. The van der Waals surface area contributed by atoms with Crippen molar-refractivity contribution in [1.82, 2.24) is 9.88 Å².